The number of hydrogen-bond acceptors (Lipinski definition) is 3. The third-order valence-electron chi connectivity index (χ3n) is 4.90. The second kappa shape index (κ2) is 5.60. The minimum absolute atomic E-state index is 0.215. The van der Waals surface area contributed by atoms with Crippen LogP contribution < -0.4 is 10.6 Å². The maximum atomic E-state index is 12.3. The molecule has 2 heterocycles. The van der Waals surface area contributed by atoms with Crippen LogP contribution in [0.25, 0.3) is 0 Å². The second-order valence-corrected chi connectivity index (χ2v) is 6.40. The fraction of sp³-hybridized carbons (Fsp3) is 0.688. The van der Waals surface area contributed by atoms with Crippen molar-refractivity contribution in [2.75, 3.05) is 13.1 Å². The highest BCUT2D eigenvalue weighted by atomic mass is 16.3. The predicted octanol–water partition coefficient (Wildman–Crippen LogP) is 2.11. The molecule has 1 aromatic rings. The number of carbonyl (C=O) groups excluding carboxylic acids is 1. The zero-order chi connectivity index (χ0) is 14.0. The Labute approximate surface area is 120 Å². The summed E-state index contributed by atoms with van der Waals surface area (Å²) in [6.07, 6.45) is 6.92. The first-order valence-electron chi connectivity index (χ1n) is 7.73. The lowest BCUT2D eigenvalue weighted by molar-refractivity contribution is -0.123. The van der Waals surface area contributed by atoms with Crippen LogP contribution in [0.15, 0.2) is 22.8 Å². The summed E-state index contributed by atoms with van der Waals surface area (Å²) < 4.78 is 5.32. The van der Waals surface area contributed by atoms with E-state index in [2.05, 4.69) is 17.6 Å². The van der Waals surface area contributed by atoms with Crippen LogP contribution in [0.1, 0.15) is 38.4 Å². The maximum absolute atomic E-state index is 12.3. The summed E-state index contributed by atoms with van der Waals surface area (Å²) in [6.45, 7) is 4.22. The molecule has 4 nitrogen and oxygen atoms in total. The molecule has 20 heavy (non-hydrogen) atoms. The number of amides is 1. The fourth-order valence-electron chi connectivity index (χ4n) is 3.42. The van der Waals surface area contributed by atoms with E-state index in [0.717, 1.165) is 51.0 Å². The standard InChI is InChI=1S/C16H24N2O2/c1-12(4-5-13-3-2-10-20-13)18-15(19)14-11-16(14)6-8-17-9-7-16/h2-3,10,12,14,17H,4-9,11H2,1H3,(H,18,19). The molecule has 2 fully saturated rings. The number of piperidine rings is 1. The van der Waals surface area contributed by atoms with Crippen molar-refractivity contribution in [1.82, 2.24) is 10.6 Å². The normalized spacial score (nSPS) is 25.4. The SMILES string of the molecule is CC(CCc1ccco1)NC(=O)C1CC12CCNCC2. The largest absolute Gasteiger partial charge is 0.469 e. The third-order valence-corrected chi connectivity index (χ3v) is 4.90. The van der Waals surface area contributed by atoms with Gasteiger partial charge in [-0.25, -0.2) is 0 Å². The van der Waals surface area contributed by atoms with Crippen molar-refractivity contribution in [2.45, 2.75) is 45.1 Å². The highest BCUT2D eigenvalue weighted by Crippen LogP contribution is 2.58. The zero-order valence-electron chi connectivity index (χ0n) is 12.2. The third kappa shape index (κ3) is 2.90. The first kappa shape index (κ1) is 13.7. The predicted molar refractivity (Wildman–Crippen MR) is 77.3 cm³/mol. The molecule has 3 rings (SSSR count). The Balaban J connectivity index is 1.42. The number of furan rings is 1. The molecule has 2 N–H and O–H groups in total. The molecular weight excluding hydrogens is 252 g/mol. The average molecular weight is 276 g/mol. The van der Waals surface area contributed by atoms with Crippen molar-refractivity contribution in [3.63, 3.8) is 0 Å². The van der Waals surface area contributed by atoms with Gasteiger partial charge in [-0.15, -0.1) is 0 Å². The highest BCUT2D eigenvalue weighted by Gasteiger charge is 2.57. The summed E-state index contributed by atoms with van der Waals surface area (Å²) in [4.78, 5) is 12.3. The lowest BCUT2D eigenvalue weighted by Crippen LogP contribution is -2.37. The fourth-order valence-corrected chi connectivity index (χ4v) is 3.42. The van der Waals surface area contributed by atoms with Crippen molar-refractivity contribution in [3.05, 3.63) is 24.2 Å². The molecule has 1 saturated carbocycles. The summed E-state index contributed by atoms with van der Waals surface area (Å²) in [6, 6.07) is 4.11. The Kier molecular flexibility index (Phi) is 3.83. The molecule has 0 aromatic carbocycles. The van der Waals surface area contributed by atoms with Gasteiger partial charge < -0.3 is 15.1 Å². The summed E-state index contributed by atoms with van der Waals surface area (Å²) >= 11 is 0. The molecule has 1 spiro atoms. The quantitative estimate of drug-likeness (QED) is 0.866. The minimum Gasteiger partial charge on any atom is -0.469 e. The van der Waals surface area contributed by atoms with Crippen molar-refractivity contribution in [2.24, 2.45) is 11.3 Å². The van der Waals surface area contributed by atoms with Gasteiger partial charge in [-0.2, -0.15) is 0 Å². The van der Waals surface area contributed by atoms with Gasteiger partial charge in [0.15, 0.2) is 0 Å². The molecule has 1 aromatic heterocycles. The van der Waals surface area contributed by atoms with Gasteiger partial charge in [-0.3, -0.25) is 4.79 Å². The maximum Gasteiger partial charge on any atom is 0.223 e. The number of hydrogen-bond donors (Lipinski definition) is 2. The molecule has 1 aliphatic heterocycles. The van der Waals surface area contributed by atoms with Gasteiger partial charge in [0.05, 0.1) is 6.26 Å². The molecule has 1 aliphatic carbocycles. The minimum atomic E-state index is 0.215. The highest BCUT2D eigenvalue weighted by molar-refractivity contribution is 5.82. The van der Waals surface area contributed by atoms with Crippen molar-refractivity contribution in [3.8, 4) is 0 Å². The van der Waals surface area contributed by atoms with Crippen LogP contribution in [-0.4, -0.2) is 25.0 Å². The van der Waals surface area contributed by atoms with E-state index in [1.807, 2.05) is 12.1 Å². The molecule has 1 saturated heterocycles. The van der Waals surface area contributed by atoms with Crippen LogP contribution in [-0.2, 0) is 11.2 Å². The molecule has 0 radical (unpaired) electrons. The van der Waals surface area contributed by atoms with E-state index < -0.39 is 0 Å². The number of aryl methyl sites for hydroxylation is 1. The Morgan fingerprint density at radius 3 is 3.05 bits per heavy atom. The molecular formula is C16H24N2O2. The Bertz CT molecular complexity index is 449. The smallest absolute Gasteiger partial charge is 0.223 e. The summed E-state index contributed by atoms with van der Waals surface area (Å²) in [5.41, 5.74) is 0.329. The van der Waals surface area contributed by atoms with Crippen LogP contribution in [0, 0.1) is 11.3 Å². The number of carbonyl (C=O) groups is 1. The van der Waals surface area contributed by atoms with Gasteiger partial charge in [0.1, 0.15) is 5.76 Å². The monoisotopic (exact) mass is 276 g/mol. The van der Waals surface area contributed by atoms with E-state index in [9.17, 15) is 4.79 Å². The van der Waals surface area contributed by atoms with E-state index in [0.29, 0.717) is 5.41 Å². The van der Waals surface area contributed by atoms with E-state index in [4.69, 9.17) is 4.42 Å². The lowest BCUT2D eigenvalue weighted by Gasteiger charge is -2.23. The summed E-state index contributed by atoms with van der Waals surface area (Å²) in [7, 11) is 0. The van der Waals surface area contributed by atoms with Gasteiger partial charge in [0, 0.05) is 18.4 Å². The van der Waals surface area contributed by atoms with Crippen LogP contribution in [0.3, 0.4) is 0 Å². The van der Waals surface area contributed by atoms with Crippen molar-refractivity contribution < 1.29 is 9.21 Å². The molecule has 2 atom stereocenters. The van der Waals surface area contributed by atoms with E-state index in [1.54, 1.807) is 6.26 Å². The number of rotatable bonds is 5. The summed E-state index contributed by atoms with van der Waals surface area (Å²) in [5, 5.41) is 6.55. The Morgan fingerprint density at radius 2 is 2.35 bits per heavy atom. The molecule has 2 unspecified atom stereocenters. The first-order chi connectivity index (χ1) is 9.70. The molecule has 1 amide bonds. The topological polar surface area (TPSA) is 54.3 Å². The first-order valence-corrected chi connectivity index (χ1v) is 7.73. The van der Waals surface area contributed by atoms with Gasteiger partial charge in [0.25, 0.3) is 0 Å². The van der Waals surface area contributed by atoms with Crippen molar-refractivity contribution in [1.29, 1.82) is 0 Å². The van der Waals surface area contributed by atoms with Crippen LogP contribution >= 0.6 is 0 Å². The molecule has 2 aliphatic rings. The zero-order valence-corrected chi connectivity index (χ0v) is 12.2. The molecule has 110 valence electrons. The Morgan fingerprint density at radius 1 is 1.55 bits per heavy atom. The van der Waals surface area contributed by atoms with Crippen LogP contribution in [0.4, 0.5) is 0 Å². The van der Waals surface area contributed by atoms with E-state index >= 15 is 0 Å². The Hall–Kier alpha value is -1.29. The second-order valence-electron chi connectivity index (χ2n) is 6.40. The van der Waals surface area contributed by atoms with Crippen LogP contribution in [0.2, 0.25) is 0 Å². The van der Waals surface area contributed by atoms with Gasteiger partial charge >= 0.3 is 0 Å². The molecule has 4 heteroatoms. The summed E-state index contributed by atoms with van der Waals surface area (Å²) in [5.74, 6) is 1.52. The lowest BCUT2D eigenvalue weighted by atomic mass is 9.91. The average Bonchev–Trinajstić information content (AvgIpc) is 2.89. The van der Waals surface area contributed by atoms with Gasteiger partial charge in [-0.1, -0.05) is 0 Å². The molecule has 0 bridgehead atoms. The van der Waals surface area contributed by atoms with Crippen molar-refractivity contribution >= 4 is 5.91 Å². The van der Waals surface area contributed by atoms with Gasteiger partial charge in [-0.05, 0) is 63.2 Å². The van der Waals surface area contributed by atoms with E-state index in [1.165, 1.54) is 0 Å². The van der Waals surface area contributed by atoms with E-state index in [-0.39, 0.29) is 17.9 Å². The van der Waals surface area contributed by atoms with Gasteiger partial charge in [0.2, 0.25) is 5.91 Å². The number of nitrogens with one attached hydrogen (secondary N) is 2. The van der Waals surface area contributed by atoms with Crippen LogP contribution in [0.5, 0.6) is 0 Å².